The lowest BCUT2D eigenvalue weighted by Gasteiger charge is -2.22. The maximum atomic E-state index is 13.4. The summed E-state index contributed by atoms with van der Waals surface area (Å²) in [4.78, 5) is 22.7. The first kappa shape index (κ1) is 10.7. The molecule has 78 valence electrons. The minimum atomic E-state index is -1.86. The fourth-order valence-corrected chi connectivity index (χ4v) is 1.54. The van der Waals surface area contributed by atoms with E-state index in [0.717, 1.165) is 14.2 Å². The van der Waals surface area contributed by atoms with Crippen molar-refractivity contribution in [2.24, 2.45) is 5.41 Å². The second-order valence-corrected chi connectivity index (χ2v) is 2.98. The predicted molar refractivity (Wildman–Crippen MR) is 44.9 cm³/mol. The lowest BCUT2D eigenvalue weighted by Crippen LogP contribution is -2.40. The first-order valence-electron chi connectivity index (χ1n) is 4.12. The first-order chi connectivity index (χ1) is 6.59. The average Bonchev–Trinajstić information content (AvgIpc) is 2.59. The van der Waals surface area contributed by atoms with Crippen molar-refractivity contribution in [1.82, 2.24) is 0 Å². The van der Waals surface area contributed by atoms with Crippen molar-refractivity contribution >= 4 is 11.9 Å². The summed E-state index contributed by atoms with van der Waals surface area (Å²) in [5, 5.41) is 0. The van der Waals surface area contributed by atoms with Gasteiger partial charge < -0.3 is 9.47 Å². The van der Waals surface area contributed by atoms with Crippen LogP contribution in [0.4, 0.5) is 4.39 Å². The third-order valence-electron chi connectivity index (χ3n) is 2.32. The second-order valence-electron chi connectivity index (χ2n) is 2.98. The number of hydrogen-bond donors (Lipinski definition) is 0. The molecule has 0 bridgehead atoms. The van der Waals surface area contributed by atoms with E-state index in [2.05, 4.69) is 9.47 Å². The Morgan fingerprint density at radius 2 is 1.86 bits per heavy atom. The molecule has 0 amide bonds. The Bertz CT molecular complexity index is 279. The lowest BCUT2D eigenvalue weighted by molar-refractivity contribution is -0.166. The van der Waals surface area contributed by atoms with Gasteiger partial charge in [0.25, 0.3) is 0 Å². The molecule has 0 N–H and O–H groups in total. The SMILES string of the molecule is COC(=O)C1(C(=O)OC)CCC=C1F. The normalized spacial score (nSPS) is 18.6. The Kier molecular flexibility index (Phi) is 2.88. The fraction of sp³-hybridized carbons (Fsp3) is 0.556. The van der Waals surface area contributed by atoms with Crippen LogP contribution in [-0.2, 0) is 19.1 Å². The molecule has 1 rings (SSSR count). The Labute approximate surface area is 80.7 Å². The van der Waals surface area contributed by atoms with Crippen LogP contribution in [0.1, 0.15) is 12.8 Å². The van der Waals surface area contributed by atoms with Crippen LogP contribution in [-0.4, -0.2) is 26.2 Å². The summed E-state index contributed by atoms with van der Waals surface area (Å²) in [7, 11) is 2.22. The van der Waals surface area contributed by atoms with Crippen molar-refractivity contribution in [3.05, 3.63) is 11.9 Å². The number of rotatable bonds is 2. The topological polar surface area (TPSA) is 52.6 Å². The lowest BCUT2D eigenvalue weighted by atomic mass is 9.86. The molecule has 0 fully saturated rings. The quantitative estimate of drug-likeness (QED) is 0.494. The number of halogens is 1. The molecule has 0 spiro atoms. The Morgan fingerprint density at radius 3 is 2.14 bits per heavy atom. The summed E-state index contributed by atoms with van der Waals surface area (Å²) in [6.45, 7) is 0. The summed E-state index contributed by atoms with van der Waals surface area (Å²) in [6.07, 6.45) is 1.60. The fourth-order valence-electron chi connectivity index (χ4n) is 1.54. The van der Waals surface area contributed by atoms with Crippen molar-refractivity contribution < 1.29 is 23.5 Å². The van der Waals surface area contributed by atoms with Crippen molar-refractivity contribution in [1.29, 1.82) is 0 Å². The van der Waals surface area contributed by atoms with Crippen LogP contribution < -0.4 is 0 Å². The maximum absolute atomic E-state index is 13.4. The monoisotopic (exact) mass is 202 g/mol. The molecule has 0 saturated carbocycles. The van der Waals surface area contributed by atoms with Crippen molar-refractivity contribution in [3.63, 3.8) is 0 Å². The molecule has 5 heteroatoms. The number of carbonyl (C=O) groups is 2. The molecule has 0 radical (unpaired) electrons. The van der Waals surface area contributed by atoms with Gasteiger partial charge in [0.1, 0.15) is 5.83 Å². The van der Waals surface area contributed by atoms with Crippen LogP contribution in [0, 0.1) is 5.41 Å². The van der Waals surface area contributed by atoms with E-state index in [1.54, 1.807) is 0 Å². The largest absolute Gasteiger partial charge is 0.468 e. The van der Waals surface area contributed by atoms with Crippen molar-refractivity contribution in [2.45, 2.75) is 12.8 Å². The number of esters is 2. The summed E-state index contributed by atoms with van der Waals surface area (Å²) in [6, 6.07) is 0. The van der Waals surface area contributed by atoms with E-state index < -0.39 is 23.2 Å². The average molecular weight is 202 g/mol. The van der Waals surface area contributed by atoms with E-state index in [4.69, 9.17) is 0 Å². The van der Waals surface area contributed by atoms with Crippen molar-refractivity contribution in [2.75, 3.05) is 14.2 Å². The van der Waals surface area contributed by atoms with Gasteiger partial charge in [0.2, 0.25) is 5.41 Å². The Morgan fingerprint density at radius 1 is 1.36 bits per heavy atom. The highest BCUT2D eigenvalue weighted by atomic mass is 19.1. The van der Waals surface area contributed by atoms with E-state index in [-0.39, 0.29) is 6.42 Å². The van der Waals surface area contributed by atoms with Gasteiger partial charge in [0.05, 0.1) is 14.2 Å². The molecule has 0 aromatic heterocycles. The van der Waals surface area contributed by atoms with Crippen molar-refractivity contribution in [3.8, 4) is 0 Å². The molecular weight excluding hydrogens is 191 g/mol. The van der Waals surface area contributed by atoms with Gasteiger partial charge in [-0.2, -0.15) is 0 Å². The number of carbonyl (C=O) groups excluding carboxylic acids is 2. The van der Waals surface area contributed by atoms with Crippen LogP contribution in [0.2, 0.25) is 0 Å². The van der Waals surface area contributed by atoms with Gasteiger partial charge >= 0.3 is 11.9 Å². The number of ether oxygens (including phenoxy) is 2. The van der Waals surface area contributed by atoms with Crippen LogP contribution in [0.3, 0.4) is 0 Å². The van der Waals surface area contributed by atoms with E-state index in [9.17, 15) is 14.0 Å². The molecule has 0 aliphatic heterocycles. The first-order valence-corrected chi connectivity index (χ1v) is 4.12. The van der Waals surface area contributed by atoms with Gasteiger partial charge in [-0.15, -0.1) is 0 Å². The van der Waals surface area contributed by atoms with E-state index >= 15 is 0 Å². The smallest absolute Gasteiger partial charge is 0.330 e. The molecule has 14 heavy (non-hydrogen) atoms. The summed E-state index contributed by atoms with van der Waals surface area (Å²) < 4.78 is 22.2. The molecule has 0 saturated heterocycles. The van der Waals surface area contributed by atoms with Gasteiger partial charge in [0.15, 0.2) is 0 Å². The summed E-state index contributed by atoms with van der Waals surface area (Å²) in [5.74, 6) is -2.60. The second kappa shape index (κ2) is 3.77. The van der Waals surface area contributed by atoms with Gasteiger partial charge in [-0.1, -0.05) is 6.08 Å². The van der Waals surface area contributed by atoms with Gasteiger partial charge in [-0.05, 0) is 12.8 Å². The Hall–Kier alpha value is -1.39. The van der Waals surface area contributed by atoms with Crippen LogP contribution in [0.25, 0.3) is 0 Å². The molecule has 1 aliphatic rings. The molecule has 4 nitrogen and oxygen atoms in total. The predicted octanol–water partition coefficient (Wildman–Crippen LogP) is 0.966. The molecule has 0 aromatic rings. The van der Waals surface area contributed by atoms with Gasteiger partial charge in [-0.25, -0.2) is 4.39 Å². The van der Waals surface area contributed by atoms with Crippen LogP contribution >= 0.6 is 0 Å². The summed E-state index contributed by atoms with van der Waals surface area (Å²) >= 11 is 0. The number of hydrogen-bond acceptors (Lipinski definition) is 4. The third-order valence-corrected chi connectivity index (χ3v) is 2.32. The molecule has 0 unspecified atom stereocenters. The minimum absolute atomic E-state index is 0.0676. The summed E-state index contributed by atoms with van der Waals surface area (Å²) in [5.41, 5.74) is -1.86. The number of methoxy groups -OCH3 is 2. The molecule has 1 aliphatic carbocycles. The molecule has 0 aromatic carbocycles. The zero-order chi connectivity index (χ0) is 10.8. The standard InChI is InChI=1S/C9H11FO4/c1-13-7(11)9(8(12)14-2)5-3-4-6(9)10/h4H,3,5H2,1-2H3. The van der Waals surface area contributed by atoms with E-state index in [1.165, 1.54) is 6.08 Å². The highest BCUT2D eigenvalue weighted by molar-refractivity contribution is 6.03. The van der Waals surface area contributed by atoms with Gasteiger partial charge in [-0.3, -0.25) is 9.59 Å². The highest BCUT2D eigenvalue weighted by Gasteiger charge is 2.54. The zero-order valence-corrected chi connectivity index (χ0v) is 8.00. The number of allylic oxidation sites excluding steroid dienone is 1. The maximum Gasteiger partial charge on any atom is 0.330 e. The van der Waals surface area contributed by atoms with E-state index in [1.807, 2.05) is 0 Å². The zero-order valence-electron chi connectivity index (χ0n) is 8.00. The highest BCUT2D eigenvalue weighted by Crippen LogP contribution is 2.41. The van der Waals surface area contributed by atoms with Crippen LogP contribution in [0.5, 0.6) is 0 Å². The third kappa shape index (κ3) is 1.29. The molecular formula is C9H11FO4. The Balaban J connectivity index is 3.09. The van der Waals surface area contributed by atoms with E-state index in [0.29, 0.717) is 6.42 Å². The minimum Gasteiger partial charge on any atom is -0.468 e. The van der Waals surface area contributed by atoms with Crippen LogP contribution in [0.15, 0.2) is 11.9 Å². The molecule has 0 heterocycles. The molecule has 0 atom stereocenters. The van der Waals surface area contributed by atoms with Gasteiger partial charge in [0, 0.05) is 0 Å².